The Kier molecular flexibility index (Phi) is 69.3. The van der Waals surface area contributed by atoms with Crippen LogP contribution >= 0.6 is 0 Å². The van der Waals surface area contributed by atoms with Crippen LogP contribution in [0.15, 0.2) is 0 Å². The van der Waals surface area contributed by atoms with Gasteiger partial charge in [0.15, 0.2) is 0 Å². The van der Waals surface area contributed by atoms with Crippen LogP contribution in [0.4, 0.5) is 0 Å². The summed E-state index contributed by atoms with van der Waals surface area (Å²) in [5, 5.41) is 23.4. The molecule has 0 aliphatic heterocycles. The van der Waals surface area contributed by atoms with E-state index in [-0.39, 0.29) is 18.5 Å². The summed E-state index contributed by atoms with van der Waals surface area (Å²) in [6, 6.07) is -0.541. The number of hydrogen-bond acceptors (Lipinski definition) is 5. The van der Waals surface area contributed by atoms with E-state index < -0.39 is 12.1 Å². The fraction of sp³-hybridized carbons (Fsp3) is 0.973. The second-order valence-electron chi connectivity index (χ2n) is 26.0. The van der Waals surface area contributed by atoms with Crippen LogP contribution in [0, 0.1) is 0 Å². The second kappa shape index (κ2) is 70.3. The highest BCUT2D eigenvalue weighted by molar-refractivity contribution is 5.76. The van der Waals surface area contributed by atoms with E-state index in [9.17, 15) is 19.8 Å². The van der Waals surface area contributed by atoms with Crippen molar-refractivity contribution in [2.24, 2.45) is 0 Å². The van der Waals surface area contributed by atoms with Crippen LogP contribution < -0.4 is 5.32 Å². The van der Waals surface area contributed by atoms with Gasteiger partial charge in [-0.1, -0.05) is 399 Å². The van der Waals surface area contributed by atoms with E-state index in [0.29, 0.717) is 25.9 Å². The molecule has 0 saturated heterocycles. The van der Waals surface area contributed by atoms with Crippen LogP contribution in [0.25, 0.3) is 0 Å². The highest BCUT2D eigenvalue weighted by Crippen LogP contribution is 2.20. The van der Waals surface area contributed by atoms with E-state index >= 15 is 0 Å². The van der Waals surface area contributed by atoms with Gasteiger partial charge in [0.05, 0.1) is 25.4 Å². The Labute approximate surface area is 502 Å². The Hall–Kier alpha value is -1.14. The number of unbranched alkanes of at least 4 members (excludes halogenated alkanes) is 60. The smallest absolute Gasteiger partial charge is 0.305 e. The molecule has 6 nitrogen and oxygen atoms in total. The van der Waals surface area contributed by atoms with Crippen molar-refractivity contribution in [1.29, 1.82) is 0 Å². The minimum absolute atomic E-state index is 0.0206. The van der Waals surface area contributed by atoms with Crippen molar-refractivity contribution in [1.82, 2.24) is 5.32 Å². The lowest BCUT2D eigenvalue weighted by Gasteiger charge is -2.22. The Balaban J connectivity index is 3.35. The largest absolute Gasteiger partial charge is 0.466 e. The first-order valence-corrected chi connectivity index (χ1v) is 37.3. The lowest BCUT2D eigenvalue weighted by molar-refractivity contribution is -0.143. The summed E-state index contributed by atoms with van der Waals surface area (Å²) in [6.45, 7) is 5.01. The molecule has 0 aliphatic carbocycles. The van der Waals surface area contributed by atoms with E-state index in [4.69, 9.17) is 4.74 Å². The molecule has 2 unspecified atom stereocenters. The molecule has 1 amide bonds. The molecule has 6 heteroatoms. The molecule has 0 rings (SSSR count). The van der Waals surface area contributed by atoms with Crippen molar-refractivity contribution < 1.29 is 24.5 Å². The molecule has 478 valence electrons. The predicted octanol–water partition coefficient (Wildman–Crippen LogP) is 24.2. The Morgan fingerprint density at radius 1 is 0.300 bits per heavy atom. The van der Waals surface area contributed by atoms with Gasteiger partial charge in [-0.05, 0) is 25.7 Å². The zero-order valence-corrected chi connectivity index (χ0v) is 54.9. The third kappa shape index (κ3) is 66.0. The van der Waals surface area contributed by atoms with Crippen LogP contribution in [0.1, 0.15) is 438 Å². The van der Waals surface area contributed by atoms with Crippen LogP contribution in [0.5, 0.6) is 0 Å². The molecule has 0 bridgehead atoms. The number of hydrogen-bond donors (Lipinski definition) is 3. The van der Waals surface area contributed by atoms with Gasteiger partial charge in [-0.15, -0.1) is 0 Å². The van der Waals surface area contributed by atoms with E-state index in [0.717, 1.165) is 38.5 Å². The third-order valence-electron chi connectivity index (χ3n) is 17.9. The van der Waals surface area contributed by atoms with E-state index in [2.05, 4.69) is 19.2 Å². The topological polar surface area (TPSA) is 95.9 Å². The number of rotatable bonds is 71. The number of esters is 1. The summed E-state index contributed by atoms with van der Waals surface area (Å²) in [7, 11) is 0. The molecule has 0 aromatic heterocycles. The first-order valence-electron chi connectivity index (χ1n) is 37.3. The Morgan fingerprint density at radius 3 is 0.762 bits per heavy atom. The van der Waals surface area contributed by atoms with Gasteiger partial charge in [-0.3, -0.25) is 9.59 Å². The number of aliphatic hydroxyl groups is 2. The molecule has 0 radical (unpaired) electrons. The molecule has 0 aromatic carbocycles. The predicted molar refractivity (Wildman–Crippen MR) is 352 cm³/mol. The summed E-state index contributed by atoms with van der Waals surface area (Å²) in [5.41, 5.74) is 0. The van der Waals surface area contributed by atoms with Crippen LogP contribution in [-0.4, -0.2) is 47.4 Å². The normalized spacial score (nSPS) is 12.4. The van der Waals surface area contributed by atoms with Crippen molar-refractivity contribution in [3.63, 3.8) is 0 Å². The van der Waals surface area contributed by atoms with Gasteiger partial charge >= 0.3 is 5.97 Å². The molecule has 0 heterocycles. The third-order valence-corrected chi connectivity index (χ3v) is 17.9. The van der Waals surface area contributed by atoms with Gasteiger partial charge < -0.3 is 20.3 Å². The summed E-state index contributed by atoms with van der Waals surface area (Å²) in [6.07, 6.45) is 85.9. The monoisotopic (exact) mass is 1130 g/mol. The number of carbonyl (C=O) groups is 2. The van der Waals surface area contributed by atoms with Gasteiger partial charge in [0.2, 0.25) is 5.91 Å². The maximum Gasteiger partial charge on any atom is 0.305 e. The van der Waals surface area contributed by atoms with Crippen molar-refractivity contribution in [3.05, 3.63) is 0 Å². The maximum atomic E-state index is 12.6. The molecule has 0 saturated carbocycles. The quantitative estimate of drug-likeness (QED) is 0.0417. The standard InChI is InChI=1S/C74H147NO5/c1-3-5-7-9-11-13-15-17-19-21-23-24-28-31-34-38-42-46-50-54-58-62-66-72(77)71(70-76)75-73(78)67-63-59-55-51-47-43-39-35-32-29-26-25-27-30-33-37-41-45-49-53-57-61-65-69-80-74(79)68-64-60-56-52-48-44-40-36-22-20-18-16-14-12-10-8-6-4-2/h71-72,76-77H,3-70H2,1-2H3,(H,75,78). The number of ether oxygens (including phenoxy) is 1. The van der Waals surface area contributed by atoms with E-state index in [1.54, 1.807) is 0 Å². The molecular weight excluding hydrogens is 983 g/mol. The van der Waals surface area contributed by atoms with Crippen molar-refractivity contribution in [2.75, 3.05) is 13.2 Å². The van der Waals surface area contributed by atoms with Crippen molar-refractivity contribution in [3.8, 4) is 0 Å². The first-order chi connectivity index (χ1) is 39.5. The van der Waals surface area contributed by atoms with Crippen molar-refractivity contribution >= 4 is 11.9 Å². The van der Waals surface area contributed by atoms with Gasteiger partial charge in [0, 0.05) is 12.8 Å². The molecule has 0 aliphatic rings. The van der Waals surface area contributed by atoms with Gasteiger partial charge in [0.1, 0.15) is 0 Å². The highest BCUT2D eigenvalue weighted by atomic mass is 16.5. The molecular formula is C74H147NO5. The average molecular weight is 1130 g/mol. The van der Waals surface area contributed by atoms with E-state index in [1.807, 2.05) is 0 Å². The van der Waals surface area contributed by atoms with Crippen LogP contribution in [0.2, 0.25) is 0 Å². The molecule has 0 spiro atoms. The van der Waals surface area contributed by atoms with Gasteiger partial charge in [0.25, 0.3) is 0 Å². The minimum atomic E-state index is -0.664. The summed E-state index contributed by atoms with van der Waals surface area (Å²) >= 11 is 0. The molecule has 2 atom stereocenters. The summed E-state index contributed by atoms with van der Waals surface area (Å²) in [4.78, 5) is 24.7. The maximum absolute atomic E-state index is 12.6. The van der Waals surface area contributed by atoms with Crippen molar-refractivity contribution in [2.45, 2.75) is 450 Å². The molecule has 80 heavy (non-hydrogen) atoms. The fourth-order valence-corrected chi connectivity index (χ4v) is 12.2. The molecule has 3 N–H and O–H groups in total. The number of nitrogens with one attached hydrogen (secondary N) is 1. The minimum Gasteiger partial charge on any atom is -0.466 e. The number of aliphatic hydroxyl groups excluding tert-OH is 2. The average Bonchev–Trinajstić information content (AvgIpc) is 3.46. The number of carbonyl (C=O) groups excluding carboxylic acids is 2. The highest BCUT2D eigenvalue weighted by Gasteiger charge is 2.20. The Bertz CT molecular complexity index is 1160. The molecule has 0 aromatic rings. The second-order valence-corrected chi connectivity index (χ2v) is 26.0. The van der Waals surface area contributed by atoms with Gasteiger partial charge in [-0.2, -0.15) is 0 Å². The van der Waals surface area contributed by atoms with E-state index in [1.165, 1.54) is 366 Å². The Morgan fingerprint density at radius 2 is 0.512 bits per heavy atom. The fourth-order valence-electron chi connectivity index (χ4n) is 12.2. The number of amides is 1. The zero-order valence-electron chi connectivity index (χ0n) is 54.9. The molecule has 0 fully saturated rings. The SMILES string of the molecule is CCCCCCCCCCCCCCCCCCCCCCCCC(O)C(CO)NC(=O)CCCCCCCCCCCCCCCCCCCCCCCCCOC(=O)CCCCCCCCCCCCCCCCCCCC. The van der Waals surface area contributed by atoms with Gasteiger partial charge in [-0.25, -0.2) is 0 Å². The lowest BCUT2D eigenvalue weighted by atomic mass is 10.0. The lowest BCUT2D eigenvalue weighted by Crippen LogP contribution is -2.45. The summed E-state index contributed by atoms with van der Waals surface area (Å²) in [5.74, 6) is -0.00786. The summed E-state index contributed by atoms with van der Waals surface area (Å²) < 4.78 is 5.51. The van der Waals surface area contributed by atoms with Crippen LogP contribution in [-0.2, 0) is 14.3 Å². The van der Waals surface area contributed by atoms with Crippen LogP contribution in [0.3, 0.4) is 0 Å². The zero-order chi connectivity index (χ0) is 57.8. The first kappa shape index (κ1) is 78.9.